The monoisotopic (exact) mass is 223 g/mol. The van der Waals surface area contributed by atoms with Crippen LogP contribution in [0.15, 0.2) is 12.4 Å². The van der Waals surface area contributed by atoms with Crippen LogP contribution in [0.2, 0.25) is 0 Å². The molecule has 0 saturated carbocycles. The van der Waals surface area contributed by atoms with Gasteiger partial charge in [-0.25, -0.2) is 9.78 Å². The molecule has 1 atom stereocenters. The number of carbonyl (C=O) groups excluding carboxylic acids is 1. The summed E-state index contributed by atoms with van der Waals surface area (Å²) in [6.45, 7) is 3.80. The SMILES string of the molecule is CCn1ccnc1N1CCCC1C(=O)OC. The van der Waals surface area contributed by atoms with Gasteiger partial charge >= 0.3 is 5.97 Å². The first-order valence-electron chi connectivity index (χ1n) is 5.63. The third kappa shape index (κ3) is 1.77. The van der Waals surface area contributed by atoms with E-state index in [0.29, 0.717) is 0 Å². The van der Waals surface area contributed by atoms with Crippen molar-refractivity contribution >= 4 is 11.9 Å². The van der Waals surface area contributed by atoms with Crippen molar-refractivity contribution in [3.05, 3.63) is 12.4 Å². The van der Waals surface area contributed by atoms with Crippen molar-refractivity contribution in [3.8, 4) is 0 Å². The number of esters is 1. The van der Waals surface area contributed by atoms with Crippen LogP contribution >= 0.6 is 0 Å². The zero-order valence-corrected chi connectivity index (χ0v) is 9.72. The number of hydrogen-bond donors (Lipinski definition) is 0. The quantitative estimate of drug-likeness (QED) is 0.718. The second-order valence-corrected chi connectivity index (χ2v) is 3.89. The van der Waals surface area contributed by atoms with Gasteiger partial charge in [0.15, 0.2) is 0 Å². The van der Waals surface area contributed by atoms with Crippen molar-refractivity contribution in [2.24, 2.45) is 0 Å². The zero-order chi connectivity index (χ0) is 11.5. The van der Waals surface area contributed by atoms with Gasteiger partial charge in [-0.15, -0.1) is 0 Å². The smallest absolute Gasteiger partial charge is 0.328 e. The fourth-order valence-corrected chi connectivity index (χ4v) is 2.19. The van der Waals surface area contributed by atoms with Crippen molar-refractivity contribution in [2.45, 2.75) is 32.4 Å². The Balaban J connectivity index is 2.23. The molecule has 1 aliphatic rings. The first-order chi connectivity index (χ1) is 7.77. The van der Waals surface area contributed by atoms with E-state index in [0.717, 1.165) is 31.9 Å². The van der Waals surface area contributed by atoms with E-state index in [1.165, 1.54) is 7.11 Å². The maximum absolute atomic E-state index is 11.6. The molecule has 1 saturated heterocycles. The van der Waals surface area contributed by atoms with Crippen LogP contribution in [0.25, 0.3) is 0 Å². The molecule has 1 aromatic rings. The summed E-state index contributed by atoms with van der Waals surface area (Å²) in [6, 6.07) is -0.169. The fraction of sp³-hybridized carbons (Fsp3) is 0.636. The van der Waals surface area contributed by atoms with Gasteiger partial charge in [0.1, 0.15) is 6.04 Å². The standard InChI is InChI=1S/C11H17N3O2/c1-3-13-8-6-12-11(13)14-7-4-5-9(14)10(15)16-2/h6,8-9H,3-5,7H2,1-2H3. The Morgan fingerprint density at radius 1 is 1.69 bits per heavy atom. The molecule has 0 aliphatic carbocycles. The molecular weight excluding hydrogens is 206 g/mol. The second kappa shape index (κ2) is 4.55. The van der Waals surface area contributed by atoms with Crippen LogP contribution in [0.4, 0.5) is 5.95 Å². The number of carbonyl (C=O) groups is 1. The van der Waals surface area contributed by atoms with Crippen molar-refractivity contribution < 1.29 is 9.53 Å². The third-order valence-electron chi connectivity index (χ3n) is 3.02. The van der Waals surface area contributed by atoms with Gasteiger partial charge in [0.2, 0.25) is 5.95 Å². The summed E-state index contributed by atoms with van der Waals surface area (Å²) in [5.74, 6) is 0.707. The van der Waals surface area contributed by atoms with Crippen LogP contribution in [-0.2, 0) is 16.1 Å². The van der Waals surface area contributed by atoms with Crippen LogP contribution in [0, 0.1) is 0 Å². The molecule has 0 spiro atoms. The predicted molar refractivity (Wildman–Crippen MR) is 60.3 cm³/mol. The zero-order valence-electron chi connectivity index (χ0n) is 9.72. The lowest BCUT2D eigenvalue weighted by Gasteiger charge is -2.24. The molecule has 5 nitrogen and oxygen atoms in total. The molecule has 0 aromatic carbocycles. The average molecular weight is 223 g/mol. The maximum atomic E-state index is 11.6. The molecule has 88 valence electrons. The number of ether oxygens (including phenoxy) is 1. The predicted octanol–water partition coefficient (Wildman–Crippen LogP) is 1.04. The number of hydrogen-bond acceptors (Lipinski definition) is 4. The summed E-state index contributed by atoms with van der Waals surface area (Å²) in [7, 11) is 1.44. The summed E-state index contributed by atoms with van der Waals surface area (Å²) in [4.78, 5) is 18.0. The Morgan fingerprint density at radius 2 is 2.50 bits per heavy atom. The van der Waals surface area contributed by atoms with E-state index in [1.807, 2.05) is 15.7 Å². The molecule has 2 rings (SSSR count). The Kier molecular flexibility index (Phi) is 3.12. The molecule has 16 heavy (non-hydrogen) atoms. The van der Waals surface area contributed by atoms with Crippen LogP contribution < -0.4 is 4.90 Å². The fourth-order valence-electron chi connectivity index (χ4n) is 2.19. The summed E-state index contributed by atoms with van der Waals surface area (Å²) >= 11 is 0. The van der Waals surface area contributed by atoms with Gasteiger partial charge in [0.05, 0.1) is 7.11 Å². The number of rotatable bonds is 3. The molecule has 1 unspecified atom stereocenters. The van der Waals surface area contributed by atoms with Gasteiger partial charge in [0.25, 0.3) is 0 Å². The number of aromatic nitrogens is 2. The molecular formula is C11H17N3O2. The molecule has 5 heteroatoms. The van der Waals surface area contributed by atoms with Gasteiger partial charge < -0.3 is 14.2 Å². The number of imidazole rings is 1. The van der Waals surface area contributed by atoms with Gasteiger partial charge in [-0.1, -0.05) is 0 Å². The number of anilines is 1. The Hall–Kier alpha value is -1.52. The Labute approximate surface area is 95.0 Å². The van der Waals surface area contributed by atoms with Crippen LogP contribution in [-0.4, -0.2) is 35.2 Å². The van der Waals surface area contributed by atoms with Crippen molar-refractivity contribution in [1.29, 1.82) is 0 Å². The van der Waals surface area contributed by atoms with Crippen LogP contribution in [0.3, 0.4) is 0 Å². The van der Waals surface area contributed by atoms with Gasteiger partial charge in [0, 0.05) is 25.5 Å². The lowest BCUT2D eigenvalue weighted by Crippen LogP contribution is -2.38. The largest absolute Gasteiger partial charge is 0.467 e. The van der Waals surface area contributed by atoms with E-state index in [-0.39, 0.29) is 12.0 Å². The van der Waals surface area contributed by atoms with Gasteiger partial charge in [-0.05, 0) is 19.8 Å². The molecule has 2 heterocycles. The van der Waals surface area contributed by atoms with Gasteiger partial charge in [-0.2, -0.15) is 0 Å². The van der Waals surface area contributed by atoms with Gasteiger partial charge in [-0.3, -0.25) is 0 Å². The molecule has 0 N–H and O–H groups in total. The highest BCUT2D eigenvalue weighted by Crippen LogP contribution is 2.24. The van der Waals surface area contributed by atoms with E-state index in [2.05, 4.69) is 11.9 Å². The summed E-state index contributed by atoms with van der Waals surface area (Å²) in [5, 5.41) is 0. The minimum atomic E-state index is -0.169. The third-order valence-corrected chi connectivity index (χ3v) is 3.02. The first kappa shape index (κ1) is 11.0. The first-order valence-corrected chi connectivity index (χ1v) is 5.63. The van der Waals surface area contributed by atoms with Crippen molar-refractivity contribution in [2.75, 3.05) is 18.6 Å². The molecule has 0 amide bonds. The lowest BCUT2D eigenvalue weighted by atomic mass is 10.2. The minimum Gasteiger partial charge on any atom is -0.467 e. The highest BCUT2D eigenvalue weighted by Gasteiger charge is 2.33. The summed E-state index contributed by atoms with van der Waals surface area (Å²) in [5.41, 5.74) is 0. The highest BCUT2D eigenvalue weighted by atomic mass is 16.5. The number of methoxy groups -OCH3 is 1. The molecule has 1 aliphatic heterocycles. The molecule has 0 radical (unpaired) electrons. The van der Waals surface area contributed by atoms with Crippen molar-refractivity contribution in [1.82, 2.24) is 9.55 Å². The van der Waals surface area contributed by atoms with E-state index in [9.17, 15) is 4.79 Å². The van der Waals surface area contributed by atoms with E-state index in [4.69, 9.17) is 4.74 Å². The van der Waals surface area contributed by atoms with Crippen LogP contribution in [0.1, 0.15) is 19.8 Å². The highest BCUT2D eigenvalue weighted by molar-refractivity contribution is 5.79. The molecule has 0 bridgehead atoms. The average Bonchev–Trinajstić information content (AvgIpc) is 2.94. The van der Waals surface area contributed by atoms with E-state index < -0.39 is 0 Å². The van der Waals surface area contributed by atoms with Crippen LogP contribution in [0.5, 0.6) is 0 Å². The summed E-state index contributed by atoms with van der Waals surface area (Å²) in [6.07, 6.45) is 5.56. The second-order valence-electron chi connectivity index (χ2n) is 3.89. The van der Waals surface area contributed by atoms with Crippen molar-refractivity contribution in [3.63, 3.8) is 0 Å². The Bertz CT molecular complexity index is 375. The molecule has 1 fully saturated rings. The normalized spacial score (nSPS) is 20.1. The Morgan fingerprint density at radius 3 is 3.19 bits per heavy atom. The maximum Gasteiger partial charge on any atom is 0.328 e. The molecule has 1 aromatic heterocycles. The topological polar surface area (TPSA) is 47.4 Å². The van der Waals surface area contributed by atoms with E-state index >= 15 is 0 Å². The summed E-state index contributed by atoms with van der Waals surface area (Å²) < 4.78 is 6.86. The lowest BCUT2D eigenvalue weighted by molar-refractivity contribution is -0.141. The van der Waals surface area contributed by atoms with E-state index in [1.54, 1.807) is 6.20 Å². The number of nitrogens with zero attached hydrogens (tertiary/aromatic N) is 3. The minimum absolute atomic E-state index is 0.164. The number of aryl methyl sites for hydroxylation is 1.